The van der Waals surface area contributed by atoms with Gasteiger partial charge in [-0.1, -0.05) is 6.92 Å². The number of fused-ring (bicyclic) bond motifs is 1. The molecule has 0 radical (unpaired) electrons. The van der Waals surface area contributed by atoms with Gasteiger partial charge < -0.3 is 9.84 Å². The van der Waals surface area contributed by atoms with Crippen LogP contribution in [0.25, 0.3) is 5.65 Å². The van der Waals surface area contributed by atoms with E-state index in [0.29, 0.717) is 29.3 Å². The van der Waals surface area contributed by atoms with Crippen LogP contribution in [0.2, 0.25) is 0 Å². The first-order chi connectivity index (χ1) is 12.0. The molecular weight excluding hydrogens is 338 g/mol. The summed E-state index contributed by atoms with van der Waals surface area (Å²) in [7, 11) is 0. The summed E-state index contributed by atoms with van der Waals surface area (Å²) in [4.78, 5) is 29.1. The third kappa shape index (κ3) is 4.30. The molecule has 0 aliphatic rings. The number of aromatic nitrogens is 2. The van der Waals surface area contributed by atoms with Gasteiger partial charge in [-0.15, -0.1) is 16.3 Å². The molecule has 0 fully saturated rings. The van der Waals surface area contributed by atoms with E-state index in [1.54, 1.807) is 24.8 Å². The van der Waals surface area contributed by atoms with E-state index in [-0.39, 0.29) is 11.5 Å². The average Bonchev–Trinajstić information content (AvgIpc) is 2.95. The predicted octanol–water partition coefficient (Wildman–Crippen LogP) is 3.63. The minimum atomic E-state index is -0.220. The summed E-state index contributed by atoms with van der Waals surface area (Å²) in [6, 6.07) is 10.9. The molecule has 25 heavy (non-hydrogen) atoms. The summed E-state index contributed by atoms with van der Waals surface area (Å²) in [5, 5.41) is 2.86. The quantitative estimate of drug-likeness (QED) is 0.682. The second-order valence-electron chi connectivity index (χ2n) is 5.70. The van der Waals surface area contributed by atoms with Gasteiger partial charge >= 0.3 is 0 Å². The van der Waals surface area contributed by atoms with Gasteiger partial charge in [0.15, 0.2) is 5.65 Å². The maximum atomic E-state index is 12.0. The van der Waals surface area contributed by atoms with Crippen molar-refractivity contribution < 1.29 is 9.32 Å². The molecule has 1 amide bonds. The molecule has 0 spiro atoms. The standard InChI is InChI=1S/C18H19N3O3S/c1-3-4-17(22)20-13-5-7-15(8-6-13)25-11-14-10-18(23)21-16(19-14)9-12(2)24-21/h5-10H,3-4,11H2,1-2H3,(H,20,22). The van der Waals surface area contributed by atoms with E-state index in [2.05, 4.69) is 10.3 Å². The van der Waals surface area contributed by atoms with Crippen LogP contribution >= 0.6 is 11.8 Å². The zero-order valence-corrected chi connectivity index (χ0v) is 14.9. The normalized spacial score (nSPS) is 11.0. The van der Waals surface area contributed by atoms with Crippen LogP contribution < -0.4 is 10.9 Å². The van der Waals surface area contributed by atoms with Crippen molar-refractivity contribution in [1.29, 1.82) is 0 Å². The Morgan fingerprint density at radius 2 is 2.04 bits per heavy atom. The van der Waals surface area contributed by atoms with Crippen LogP contribution in [0.5, 0.6) is 0 Å². The van der Waals surface area contributed by atoms with Gasteiger partial charge in [0.1, 0.15) is 5.76 Å². The number of anilines is 1. The average molecular weight is 357 g/mol. The Morgan fingerprint density at radius 3 is 2.76 bits per heavy atom. The van der Waals surface area contributed by atoms with Gasteiger partial charge in [0.25, 0.3) is 5.56 Å². The van der Waals surface area contributed by atoms with Crippen molar-refractivity contribution in [3.8, 4) is 0 Å². The molecule has 2 aromatic heterocycles. The van der Waals surface area contributed by atoms with E-state index in [0.717, 1.165) is 17.0 Å². The van der Waals surface area contributed by atoms with Crippen LogP contribution in [0.15, 0.2) is 50.6 Å². The summed E-state index contributed by atoms with van der Waals surface area (Å²) in [6.07, 6.45) is 1.35. The van der Waals surface area contributed by atoms with Crippen LogP contribution in [0, 0.1) is 6.92 Å². The summed E-state index contributed by atoms with van der Waals surface area (Å²) < 4.78 is 6.47. The number of nitrogens with zero attached hydrogens (tertiary/aromatic N) is 2. The molecule has 0 saturated heterocycles. The van der Waals surface area contributed by atoms with Crippen LogP contribution in [-0.2, 0) is 10.5 Å². The molecule has 2 heterocycles. The third-order valence-corrected chi connectivity index (χ3v) is 4.57. The fraction of sp³-hybridized carbons (Fsp3) is 0.278. The van der Waals surface area contributed by atoms with Gasteiger partial charge in [-0.2, -0.15) is 0 Å². The van der Waals surface area contributed by atoms with Crippen LogP contribution in [0.3, 0.4) is 0 Å². The molecule has 0 aliphatic carbocycles. The van der Waals surface area contributed by atoms with Crippen molar-refractivity contribution >= 4 is 29.0 Å². The molecule has 3 aromatic rings. The summed E-state index contributed by atoms with van der Waals surface area (Å²) in [5.74, 6) is 1.25. The number of carbonyl (C=O) groups is 1. The molecule has 0 saturated carbocycles. The molecule has 1 N–H and O–H groups in total. The molecule has 1 aromatic carbocycles. The van der Waals surface area contributed by atoms with Gasteiger partial charge in [0.2, 0.25) is 5.91 Å². The zero-order valence-electron chi connectivity index (χ0n) is 14.1. The Balaban J connectivity index is 1.65. The van der Waals surface area contributed by atoms with E-state index in [9.17, 15) is 9.59 Å². The maximum absolute atomic E-state index is 12.0. The van der Waals surface area contributed by atoms with Crippen LogP contribution in [0.4, 0.5) is 5.69 Å². The van der Waals surface area contributed by atoms with Crippen molar-refractivity contribution in [3.05, 3.63) is 58.2 Å². The number of carbonyl (C=O) groups excluding carboxylic acids is 1. The Labute approximate surface area is 149 Å². The predicted molar refractivity (Wildman–Crippen MR) is 98.0 cm³/mol. The fourth-order valence-corrected chi connectivity index (χ4v) is 3.18. The zero-order chi connectivity index (χ0) is 17.8. The molecular formula is C18H19N3O3S. The molecule has 0 bridgehead atoms. The van der Waals surface area contributed by atoms with Crippen LogP contribution in [0.1, 0.15) is 31.2 Å². The van der Waals surface area contributed by atoms with Crippen molar-refractivity contribution in [2.75, 3.05) is 5.32 Å². The minimum Gasteiger partial charge on any atom is -0.375 e. The molecule has 7 heteroatoms. The number of amides is 1. The topological polar surface area (TPSA) is 76.6 Å². The lowest BCUT2D eigenvalue weighted by Gasteiger charge is -2.06. The Kier molecular flexibility index (Phi) is 5.23. The number of benzene rings is 1. The Hall–Kier alpha value is -2.54. The number of thioether (sulfide) groups is 1. The number of nitrogens with one attached hydrogen (secondary N) is 1. The smallest absolute Gasteiger partial charge is 0.287 e. The summed E-state index contributed by atoms with van der Waals surface area (Å²) >= 11 is 1.58. The van der Waals surface area contributed by atoms with E-state index in [1.807, 2.05) is 31.2 Å². The highest BCUT2D eigenvalue weighted by atomic mass is 32.2. The first-order valence-corrected chi connectivity index (χ1v) is 9.06. The molecule has 3 rings (SSSR count). The van der Waals surface area contributed by atoms with Gasteiger partial charge in [0.05, 0.1) is 5.69 Å². The Morgan fingerprint density at radius 1 is 1.28 bits per heavy atom. The van der Waals surface area contributed by atoms with Crippen molar-refractivity contribution in [2.45, 2.75) is 37.3 Å². The molecule has 0 atom stereocenters. The SMILES string of the molecule is CCCC(=O)Nc1ccc(SCc2cc(=O)n3oc(C)cc3n2)cc1. The van der Waals surface area contributed by atoms with E-state index < -0.39 is 0 Å². The van der Waals surface area contributed by atoms with Crippen molar-refractivity contribution in [3.63, 3.8) is 0 Å². The van der Waals surface area contributed by atoms with Gasteiger partial charge in [-0.3, -0.25) is 9.59 Å². The largest absolute Gasteiger partial charge is 0.375 e. The lowest BCUT2D eigenvalue weighted by molar-refractivity contribution is -0.116. The lowest BCUT2D eigenvalue weighted by Crippen LogP contribution is -2.12. The number of aryl methyl sites for hydroxylation is 1. The monoisotopic (exact) mass is 357 g/mol. The summed E-state index contributed by atoms with van der Waals surface area (Å²) in [5.41, 5.74) is 1.79. The molecule has 0 unspecified atom stereocenters. The second kappa shape index (κ2) is 7.57. The van der Waals surface area contributed by atoms with Gasteiger partial charge in [0, 0.05) is 34.9 Å². The first kappa shape index (κ1) is 17.3. The van der Waals surface area contributed by atoms with Crippen molar-refractivity contribution in [1.82, 2.24) is 9.56 Å². The minimum absolute atomic E-state index is 0.0243. The fourth-order valence-electron chi connectivity index (χ4n) is 2.39. The lowest BCUT2D eigenvalue weighted by atomic mass is 10.3. The molecule has 6 nitrogen and oxygen atoms in total. The van der Waals surface area contributed by atoms with Crippen LogP contribution in [-0.4, -0.2) is 15.5 Å². The number of rotatable bonds is 6. The number of hydrogen-bond donors (Lipinski definition) is 1. The highest BCUT2D eigenvalue weighted by Gasteiger charge is 2.07. The first-order valence-electron chi connectivity index (χ1n) is 8.07. The third-order valence-electron chi connectivity index (χ3n) is 3.53. The Bertz CT molecular complexity index is 944. The van der Waals surface area contributed by atoms with Gasteiger partial charge in [-0.05, 0) is 37.6 Å². The highest BCUT2D eigenvalue weighted by molar-refractivity contribution is 7.98. The van der Waals surface area contributed by atoms with Gasteiger partial charge in [-0.25, -0.2) is 4.98 Å². The molecule has 130 valence electrons. The maximum Gasteiger partial charge on any atom is 0.287 e. The van der Waals surface area contributed by atoms with E-state index >= 15 is 0 Å². The van der Waals surface area contributed by atoms with Crippen molar-refractivity contribution in [2.24, 2.45) is 0 Å². The molecule has 0 aliphatic heterocycles. The van der Waals surface area contributed by atoms with E-state index in [1.165, 1.54) is 10.6 Å². The van der Waals surface area contributed by atoms with E-state index in [4.69, 9.17) is 4.52 Å². The highest BCUT2D eigenvalue weighted by Crippen LogP contribution is 2.23. The number of hydrogen-bond acceptors (Lipinski definition) is 5. The summed E-state index contributed by atoms with van der Waals surface area (Å²) in [6.45, 7) is 3.75. The second-order valence-corrected chi connectivity index (χ2v) is 6.74.